The number of nitrogens with one attached hydrogen (secondary N) is 1. The Bertz CT molecular complexity index is 853. The largest absolute Gasteiger partial charge is 0.454 e. The standard InChI is InChI=1S/C16H19N3O6S/c1-26(23,24)19-9-12-5-3-2-4-11(12)8-13(19)15(21)25-10-14(20)18-7-6-17-16(18)22/h2-5,13H,6-10H2,1H3,(H,17,22)/t13-/m0/s1. The van der Waals surface area contributed by atoms with E-state index in [1.165, 1.54) is 0 Å². The molecule has 0 bridgehead atoms. The number of carbonyl (C=O) groups is 3. The molecule has 3 amide bonds. The van der Waals surface area contributed by atoms with Crippen molar-refractivity contribution >= 4 is 27.9 Å². The number of hydrogen-bond donors (Lipinski definition) is 1. The van der Waals surface area contributed by atoms with Crippen LogP contribution in [0.3, 0.4) is 0 Å². The van der Waals surface area contributed by atoms with Gasteiger partial charge in [-0.25, -0.2) is 13.2 Å². The maximum atomic E-state index is 12.5. The Balaban J connectivity index is 1.72. The SMILES string of the molecule is CS(=O)(=O)N1Cc2ccccc2C[C@H]1C(=O)OCC(=O)N1CCNC1=O. The van der Waals surface area contributed by atoms with Gasteiger partial charge in [0.15, 0.2) is 6.61 Å². The van der Waals surface area contributed by atoms with Gasteiger partial charge in [0.25, 0.3) is 5.91 Å². The van der Waals surface area contributed by atoms with Gasteiger partial charge in [0.05, 0.1) is 6.26 Å². The molecule has 1 saturated heterocycles. The highest BCUT2D eigenvalue weighted by Gasteiger charge is 2.38. The molecule has 0 aliphatic carbocycles. The zero-order valence-corrected chi connectivity index (χ0v) is 15.0. The van der Waals surface area contributed by atoms with Crippen LogP contribution in [0.5, 0.6) is 0 Å². The van der Waals surface area contributed by atoms with Crippen molar-refractivity contribution in [3.05, 3.63) is 35.4 Å². The second-order valence-electron chi connectivity index (χ2n) is 6.18. The van der Waals surface area contributed by atoms with E-state index in [1.807, 2.05) is 18.2 Å². The number of hydrogen-bond acceptors (Lipinski definition) is 6. The lowest BCUT2D eigenvalue weighted by Gasteiger charge is -2.33. The minimum Gasteiger partial charge on any atom is -0.454 e. The Labute approximate surface area is 150 Å². The molecular formula is C16H19N3O6S. The number of nitrogens with zero attached hydrogens (tertiary/aromatic N) is 2. The normalized spacial score (nSPS) is 20.4. The second kappa shape index (κ2) is 7.04. The smallest absolute Gasteiger partial charge is 0.325 e. The molecule has 10 heteroatoms. The van der Waals surface area contributed by atoms with E-state index in [1.54, 1.807) is 6.07 Å². The Morgan fingerprint density at radius 3 is 2.58 bits per heavy atom. The lowest BCUT2D eigenvalue weighted by molar-refractivity contribution is -0.154. The lowest BCUT2D eigenvalue weighted by atomic mass is 9.96. The number of amides is 3. The van der Waals surface area contributed by atoms with E-state index < -0.39 is 40.6 Å². The third-order valence-corrected chi connectivity index (χ3v) is 5.63. The fraction of sp³-hybridized carbons (Fsp3) is 0.438. The zero-order valence-electron chi connectivity index (χ0n) is 14.2. The van der Waals surface area contributed by atoms with Crippen LogP contribution >= 0.6 is 0 Å². The third kappa shape index (κ3) is 3.70. The highest BCUT2D eigenvalue weighted by Crippen LogP contribution is 2.26. The molecule has 2 aliphatic heterocycles. The molecule has 0 aromatic heterocycles. The Morgan fingerprint density at radius 2 is 1.96 bits per heavy atom. The van der Waals surface area contributed by atoms with Crippen LogP contribution in [0.4, 0.5) is 4.79 Å². The van der Waals surface area contributed by atoms with Crippen molar-refractivity contribution in [2.24, 2.45) is 0 Å². The summed E-state index contributed by atoms with van der Waals surface area (Å²) in [4.78, 5) is 36.8. The molecule has 1 aromatic rings. The summed E-state index contributed by atoms with van der Waals surface area (Å²) in [5, 5.41) is 2.48. The molecule has 0 spiro atoms. The van der Waals surface area contributed by atoms with Crippen LogP contribution < -0.4 is 5.32 Å². The highest BCUT2D eigenvalue weighted by atomic mass is 32.2. The topological polar surface area (TPSA) is 113 Å². The fourth-order valence-electron chi connectivity index (χ4n) is 3.06. The maximum Gasteiger partial charge on any atom is 0.325 e. The van der Waals surface area contributed by atoms with E-state index in [2.05, 4.69) is 5.32 Å². The molecule has 0 radical (unpaired) electrons. The summed E-state index contributed by atoms with van der Waals surface area (Å²) < 4.78 is 30.3. The van der Waals surface area contributed by atoms with Crippen molar-refractivity contribution in [3.8, 4) is 0 Å². The molecule has 0 saturated carbocycles. The third-order valence-electron chi connectivity index (χ3n) is 4.40. The Morgan fingerprint density at radius 1 is 1.27 bits per heavy atom. The van der Waals surface area contributed by atoms with Gasteiger partial charge in [-0.1, -0.05) is 24.3 Å². The van der Waals surface area contributed by atoms with Gasteiger partial charge in [-0.3, -0.25) is 14.5 Å². The van der Waals surface area contributed by atoms with E-state index in [-0.39, 0.29) is 19.5 Å². The number of carbonyl (C=O) groups excluding carboxylic acids is 3. The van der Waals surface area contributed by atoms with Crippen molar-refractivity contribution in [2.75, 3.05) is 26.0 Å². The van der Waals surface area contributed by atoms with Crippen LogP contribution in [0.25, 0.3) is 0 Å². The molecule has 1 aromatic carbocycles. The number of fused-ring (bicyclic) bond motifs is 1. The monoisotopic (exact) mass is 381 g/mol. The van der Waals surface area contributed by atoms with Crippen molar-refractivity contribution < 1.29 is 27.5 Å². The predicted molar refractivity (Wildman–Crippen MR) is 90.4 cm³/mol. The second-order valence-corrected chi connectivity index (χ2v) is 8.12. The number of imide groups is 1. The number of esters is 1. The van der Waals surface area contributed by atoms with Gasteiger partial charge in [0.1, 0.15) is 6.04 Å². The molecule has 9 nitrogen and oxygen atoms in total. The van der Waals surface area contributed by atoms with E-state index in [0.29, 0.717) is 6.54 Å². The Kier molecular flexibility index (Phi) is 4.97. The molecule has 3 rings (SSSR count). The van der Waals surface area contributed by atoms with Gasteiger partial charge in [-0.2, -0.15) is 4.31 Å². The number of sulfonamides is 1. The minimum absolute atomic E-state index is 0.0667. The summed E-state index contributed by atoms with van der Waals surface area (Å²) in [5.41, 5.74) is 1.69. The summed E-state index contributed by atoms with van der Waals surface area (Å²) in [5.74, 6) is -1.45. The van der Waals surface area contributed by atoms with Gasteiger partial charge in [0, 0.05) is 26.1 Å². The number of ether oxygens (including phenoxy) is 1. The quantitative estimate of drug-likeness (QED) is 0.702. The highest BCUT2D eigenvalue weighted by molar-refractivity contribution is 7.88. The van der Waals surface area contributed by atoms with Crippen LogP contribution in [0.2, 0.25) is 0 Å². The van der Waals surface area contributed by atoms with Crippen molar-refractivity contribution in [2.45, 2.75) is 19.0 Å². The van der Waals surface area contributed by atoms with E-state index >= 15 is 0 Å². The van der Waals surface area contributed by atoms with Crippen LogP contribution in [0.15, 0.2) is 24.3 Å². The molecule has 1 atom stereocenters. The van der Waals surface area contributed by atoms with E-state index in [4.69, 9.17) is 4.74 Å². The molecule has 2 heterocycles. The molecular weight excluding hydrogens is 362 g/mol. The molecule has 1 fully saturated rings. The van der Waals surface area contributed by atoms with Crippen molar-refractivity contribution in [1.29, 1.82) is 0 Å². The summed E-state index contributed by atoms with van der Waals surface area (Å²) in [7, 11) is -3.65. The molecule has 140 valence electrons. The van der Waals surface area contributed by atoms with Gasteiger partial charge >= 0.3 is 12.0 Å². The van der Waals surface area contributed by atoms with E-state index in [9.17, 15) is 22.8 Å². The fourth-order valence-corrected chi connectivity index (χ4v) is 4.06. The number of urea groups is 1. The first-order chi connectivity index (χ1) is 12.3. The summed E-state index contributed by atoms with van der Waals surface area (Å²) in [6.07, 6.45) is 1.20. The molecule has 2 aliphatic rings. The lowest BCUT2D eigenvalue weighted by Crippen LogP contribution is -2.49. The minimum atomic E-state index is -3.65. The van der Waals surface area contributed by atoms with E-state index in [0.717, 1.165) is 26.6 Å². The van der Waals surface area contributed by atoms with Crippen molar-refractivity contribution in [1.82, 2.24) is 14.5 Å². The first-order valence-electron chi connectivity index (χ1n) is 8.06. The van der Waals surface area contributed by atoms with Gasteiger partial charge in [0.2, 0.25) is 10.0 Å². The van der Waals surface area contributed by atoms with Gasteiger partial charge < -0.3 is 10.1 Å². The molecule has 0 unspecified atom stereocenters. The summed E-state index contributed by atoms with van der Waals surface area (Å²) in [6, 6.07) is 5.68. The summed E-state index contributed by atoms with van der Waals surface area (Å²) >= 11 is 0. The number of rotatable bonds is 4. The zero-order chi connectivity index (χ0) is 18.9. The average Bonchev–Trinajstić information content (AvgIpc) is 3.03. The van der Waals surface area contributed by atoms with Crippen LogP contribution in [0.1, 0.15) is 11.1 Å². The first kappa shape index (κ1) is 18.3. The number of benzene rings is 1. The molecule has 1 N–H and O–H groups in total. The van der Waals surface area contributed by atoms with Crippen LogP contribution in [-0.2, 0) is 37.3 Å². The van der Waals surface area contributed by atoms with Crippen molar-refractivity contribution in [3.63, 3.8) is 0 Å². The predicted octanol–water partition coefficient (Wildman–Crippen LogP) is -0.532. The van der Waals surface area contributed by atoms with Gasteiger partial charge in [-0.05, 0) is 11.1 Å². The Hall–Kier alpha value is -2.46. The van der Waals surface area contributed by atoms with Crippen LogP contribution in [0, 0.1) is 0 Å². The molecule has 26 heavy (non-hydrogen) atoms. The van der Waals surface area contributed by atoms with Crippen LogP contribution in [-0.4, -0.2) is 67.5 Å². The van der Waals surface area contributed by atoms with Gasteiger partial charge in [-0.15, -0.1) is 0 Å². The average molecular weight is 381 g/mol. The maximum absolute atomic E-state index is 12.5. The first-order valence-corrected chi connectivity index (χ1v) is 9.90. The summed E-state index contributed by atoms with van der Waals surface area (Å²) in [6.45, 7) is 0.0144.